The quantitative estimate of drug-likeness (QED) is 0.779. The number of halogens is 2. The fourth-order valence-corrected chi connectivity index (χ4v) is 1.78. The van der Waals surface area contributed by atoms with Crippen LogP contribution in [0.1, 0.15) is 11.1 Å². The molecule has 0 unspecified atom stereocenters. The molecule has 0 fully saturated rings. The molecule has 3 heteroatoms. The molecule has 1 aromatic rings. The summed E-state index contributed by atoms with van der Waals surface area (Å²) in [6.45, 7) is 2.57. The van der Waals surface area contributed by atoms with Gasteiger partial charge in [-0.3, -0.25) is 0 Å². The van der Waals surface area contributed by atoms with Crippen molar-refractivity contribution < 1.29 is 4.74 Å². The minimum atomic E-state index is 0.543. The van der Waals surface area contributed by atoms with E-state index in [4.69, 9.17) is 16.3 Å². The Kier molecular flexibility index (Phi) is 3.56. The molecule has 12 heavy (non-hydrogen) atoms. The van der Waals surface area contributed by atoms with Gasteiger partial charge in [0.25, 0.3) is 0 Å². The number of aryl methyl sites for hydroxylation is 1. The summed E-state index contributed by atoms with van der Waals surface area (Å²) in [4.78, 5) is 0. The van der Waals surface area contributed by atoms with E-state index >= 15 is 0 Å². The Morgan fingerprint density at radius 3 is 2.75 bits per heavy atom. The van der Waals surface area contributed by atoms with E-state index in [1.807, 2.05) is 19.1 Å². The summed E-state index contributed by atoms with van der Waals surface area (Å²) < 4.78 is 6.07. The third kappa shape index (κ3) is 2.00. The second kappa shape index (κ2) is 4.26. The van der Waals surface area contributed by atoms with Crippen LogP contribution >= 0.6 is 27.5 Å². The van der Waals surface area contributed by atoms with Gasteiger partial charge in [0.2, 0.25) is 0 Å². The predicted octanol–water partition coefficient (Wildman–Crippen LogP) is 3.56. The average molecular weight is 250 g/mol. The van der Waals surface area contributed by atoms with Crippen molar-refractivity contribution in [2.45, 2.75) is 13.5 Å². The molecule has 0 spiro atoms. The maximum absolute atomic E-state index is 5.97. The van der Waals surface area contributed by atoms with E-state index in [1.165, 1.54) is 5.56 Å². The first-order chi connectivity index (χ1) is 5.66. The number of hydrogen-bond acceptors (Lipinski definition) is 1. The van der Waals surface area contributed by atoms with Crippen LogP contribution in [0.4, 0.5) is 0 Å². The Bertz CT molecular complexity index is 286. The van der Waals surface area contributed by atoms with Crippen molar-refractivity contribution in [1.29, 1.82) is 0 Å². The van der Waals surface area contributed by atoms with Gasteiger partial charge in [-0.1, -0.05) is 33.6 Å². The Labute approximate surface area is 85.8 Å². The monoisotopic (exact) mass is 248 g/mol. The number of rotatable bonds is 2. The van der Waals surface area contributed by atoms with Crippen molar-refractivity contribution in [3.05, 3.63) is 32.8 Å². The number of benzene rings is 1. The fraction of sp³-hybridized carbons (Fsp3) is 0.333. The summed E-state index contributed by atoms with van der Waals surface area (Å²) >= 11 is 9.44. The first-order valence-electron chi connectivity index (χ1n) is 3.59. The Morgan fingerprint density at radius 2 is 2.17 bits per heavy atom. The number of ether oxygens (including phenoxy) is 1. The van der Waals surface area contributed by atoms with E-state index < -0.39 is 0 Å². The van der Waals surface area contributed by atoms with Gasteiger partial charge in [-0.25, -0.2) is 0 Å². The highest BCUT2D eigenvalue weighted by molar-refractivity contribution is 9.10. The first-order valence-corrected chi connectivity index (χ1v) is 4.76. The van der Waals surface area contributed by atoms with Crippen LogP contribution in [0, 0.1) is 6.92 Å². The molecule has 66 valence electrons. The molecule has 0 N–H and O–H groups in total. The average Bonchev–Trinajstić information content (AvgIpc) is 2.06. The van der Waals surface area contributed by atoms with Gasteiger partial charge in [-0.05, 0) is 18.6 Å². The zero-order chi connectivity index (χ0) is 9.14. The molecule has 1 rings (SSSR count). The van der Waals surface area contributed by atoms with Crippen molar-refractivity contribution in [1.82, 2.24) is 0 Å². The third-order valence-corrected chi connectivity index (χ3v) is 3.13. The maximum Gasteiger partial charge on any atom is 0.0738 e. The summed E-state index contributed by atoms with van der Waals surface area (Å²) in [5, 5.41) is 0.745. The largest absolute Gasteiger partial charge is 0.380 e. The van der Waals surface area contributed by atoms with E-state index in [1.54, 1.807) is 7.11 Å². The van der Waals surface area contributed by atoms with E-state index in [0.29, 0.717) is 6.61 Å². The van der Waals surface area contributed by atoms with Crippen LogP contribution in [0.2, 0.25) is 5.02 Å². The Morgan fingerprint density at radius 1 is 1.50 bits per heavy atom. The molecule has 0 atom stereocenters. The molecule has 0 radical (unpaired) electrons. The van der Waals surface area contributed by atoms with Crippen molar-refractivity contribution >= 4 is 27.5 Å². The molecule has 0 aliphatic heterocycles. The van der Waals surface area contributed by atoms with Gasteiger partial charge in [0.05, 0.1) is 6.61 Å². The molecule has 0 aliphatic carbocycles. The van der Waals surface area contributed by atoms with Gasteiger partial charge in [0.1, 0.15) is 0 Å². The Hall–Kier alpha value is -0.0500. The summed E-state index contributed by atoms with van der Waals surface area (Å²) in [7, 11) is 1.66. The highest BCUT2D eigenvalue weighted by atomic mass is 79.9. The van der Waals surface area contributed by atoms with Crippen LogP contribution in [0.15, 0.2) is 16.6 Å². The van der Waals surface area contributed by atoms with Crippen molar-refractivity contribution in [2.24, 2.45) is 0 Å². The molecule has 0 saturated carbocycles. The first kappa shape index (κ1) is 10.0. The zero-order valence-electron chi connectivity index (χ0n) is 7.03. The Balaban J connectivity index is 3.14. The molecule has 0 saturated heterocycles. The van der Waals surface area contributed by atoms with Gasteiger partial charge in [0.15, 0.2) is 0 Å². The molecule has 0 amide bonds. The molecule has 0 aliphatic rings. The summed E-state index contributed by atoms with van der Waals surface area (Å²) in [6, 6.07) is 3.86. The van der Waals surface area contributed by atoms with Crippen LogP contribution in [0.25, 0.3) is 0 Å². The molecule has 0 heterocycles. The smallest absolute Gasteiger partial charge is 0.0738 e. The minimum absolute atomic E-state index is 0.543. The van der Waals surface area contributed by atoms with Crippen molar-refractivity contribution in [3.8, 4) is 0 Å². The number of hydrogen-bond donors (Lipinski definition) is 0. The second-order valence-electron chi connectivity index (χ2n) is 2.59. The third-order valence-electron chi connectivity index (χ3n) is 1.67. The molecular weight excluding hydrogens is 239 g/mol. The fourth-order valence-electron chi connectivity index (χ4n) is 0.991. The SMILES string of the molecule is COCc1c(Cl)ccc(C)c1Br. The van der Waals surface area contributed by atoms with Gasteiger partial charge >= 0.3 is 0 Å². The molecular formula is C9H10BrClO. The maximum atomic E-state index is 5.97. The molecule has 1 aromatic carbocycles. The second-order valence-corrected chi connectivity index (χ2v) is 3.79. The lowest BCUT2D eigenvalue weighted by Crippen LogP contribution is -1.92. The van der Waals surface area contributed by atoms with Gasteiger partial charge in [-0.15, -0.1) is 0 Å². The van der Waals surface area contributed by atoms with Crippen molar-refractivity contribution in [3.63, 3.8) is 0 Å². The van der Waals surface area contributed by atoms with E-state index in [0.717, 1.165) is 15.1 Å². The number of methoxy groups -OCH3 is 1. The van der Waals surface area contributed by atoms with E-state index in [-0.39, 0.29) is 0 Å². The lowest BCUT2D eigenvalue weighted by molar-refractivity contribution is 0.184. The van der Waals surface area contributed by atoms with Crippen LogP contribution < -0.4 is 0 Å². The van der Waals surface area contributed by atoms with E-state index in [9.17, 15) is 0 Å². The van der Waals surface area contributed by atoms with E-state index in [2.05, 4.69) is 15.9 Å². The molecule has 0 aromatic heterocycles. The van der Waals surface area contributed by atoms with Crippen LogP contribution in [-0.2, 0) is 11.3 Å². The zero-order valence-corrected chi connectivity index (χ0v) is 9.37. The summed E-state index contributed by atoms with van der Waals surface area (Å²) in [6.07, 6.45) is 0. The van der Waals surface area contributed by atoms with Crippen molar-refractivity contribution in [2.75, 3.05) is 7.11 Å². The summed E-state index contributed by atoms with van der Waals surface area (Å²) in [5.74, 6) is 0. The normalized spacial score (nSPS) is 10.3. The summed E-state index contributed by atoms with van der Waals surface area (Å²) in [5.41, 5.74) is 2.19. The minimum Gasteiger partial charge on any atom is -0.380 e. The van der Waals surface area contributed by atoms with Crippen LogP contribution in [-0.4, -0.2) is 7.11 Å². The lowest BCUT2D eigenvalue weighted by atomic mass is 10.1. The molecule has 1 nitrogen and oxygen atoms in total. The standard InChI is InChI=1S/C9H10BrClO/c1-6-3-4-8(11)7(5-12-2)9(6)10/h3-4H,5H2,1-2H3. The lowest BCUT2D eigenvalue weighted by Gasteiger charge is -2.07. The predicted molar refractivity (Wildman–Crippen MR) is 54.6 cm³/mol. The van der Waals surface area contributed by atoms with Crippen LogP contribution in [0.5, 0.6) is 0 Å². The topological polar surface area (TPSA) is 9.23 Å². The van der Waals surface area contributed by atoms with Crippen LogP contribution in [0.3, 0.4) is 0 Å². The highest BCUT2D eigenvalue weighted by Crippen LogP contribution is 2.28. The van der Waals surface area contributed by atoms with Gasteiger partial charge < -0.3 is 4.74 Å². The van der Waals surface area contributed by atoms with Gasteiger partial charge in [-0.2, -0.15) is 0 Å². The highest BCUT2D eigenvalue weighted by Gasteiger charge is 2.06. The molecule has 0 bridgehead atoms. The van der Waals surface area contributed by atoms with Gasteiger partial charge in [0, 0.05) is 22.2 Å².